The lowest BCUT2D eigenvalue weighted by Gasteiger charge is -2.12. The lowest BCUT2D eigenvalue weighted by atomic mass is 10.2. The summed E-state index contributed by atoms with van der Waals surface area (Å²) in [5, 5.41) is 3.72. The first-order valence-electron chi connectivity index (χ1n) is 4.22. The predicted molar refractivity (Wildman–Crippen MR) is 54.7 cm³/mol. The molecular weight excluding hydrogens is 226 g/mol. The third-order valence-corrected chi connectivity index (χ3v) is 3.80. The quantitative estimate of drug-likeness (QED) is 0.718. The predicted octanol–water partition coefficient (Wildman–Crippen LogP) is 0.288. The molecule has 0 bridgehead atoms. The fourth-order valence-corrected chi connectivity index (χ4v) is 2.44. The van der Waals surface area contributed by atoms with E-state index in [-0.39, 0.29) is 23.5 Å². The average Bonchev–Trinajstić information content (AvgIpc) is 2.44. The molecule has 0 fully saturated rings. The van der Waals surface area contributed by atoms with E-state index in [1.807, 2.05) is 0 Å². The lowest BCUT2D eigenvalue weighted by Crippen LogP contribution is -2.39. The number of rotatable bonds is 3. The van der Waals surface area contributed by atoms with Crippen LogP contribution in [0.1, 0.15) is 6.92 Å². The molecule has 1 aliphatic heterocycles. The van der Waals surface area contributed by atoms with E-state index in [9.17, 15) is 13.2 Å². The maximum atomic E-state index is 11.3. The van der Waals surface area contributed by atoms with Gasteiger partial charge in [0, 0.05) is 17.2 Å². The molecule has 0 aromatic carbocycles. The summed E-state index contributed by atoms with van der Waals surface area (Å²) in [6, 6.07) is -0.404. The first kappa shape index (κ1) is 11.5. The molecule has 0 aromatic rings. The Bertz CT molecular complexity index is 350. The maximum absolute atomic E-state index is 11.3. The van der Waals surface area contributed by atoms with E-state index in [1.165, 1.54) is 6.08 Å². The second-order valence-electron chi connectivity index (χ2n) is 3.33. The number of alkyl halides is 1. The Hall–Kier alpha value is -0.550. The largest absolute Gasteiger partial charge is 0.349 e. The number of carbonyl (C=O) groups is 1. The minimum absolute atomic E-state index is 0.0479. The van der Waals surface area contributed by atoms with Gasteiger partial charge in [0.1, 0.15) is 0 Å². The highest BCUT2D eigenvalue weighted by atomic mass is 35.5. The van der Waals surface area contributed by atoms with Crippen molar-refractivity contribution >= 4 is 27.3 Å². The third-order valence-electron chi connectivity index (χ3n) is 1.94. The zero-order chi connectivity index (χ0) is 10.8. The van der Waals surface area contributed by atoms with Crippen molar-refractivity contribution in [1.82, 2.24) is 5.32 Å². The molecule has 1 amide bonds. The summed E-state index contributed by atoms with van der Waals surface area (Å²) in [7, 11) is -3.10. The van der Waals surface area contributed by atoms with Crippen LogP contribution in [-0.4, -0.2) is 32.0 Å². The van der Waals surface area contributed by atoms with Crippen molar-refractivity contribution in [2.75, 3.05) is 11.6 Å². The van der Waals surface area contributed by atoms with Crippen molar-refractivity contribution in [1.29, 1.82) is 0 Å². The maximum Gasteiger partial charge on any atom is 0.224 e. The Morgan fingerprint density at radius 3 is 2.79 bits per heavy atom. The van der Waals surface area contributed by atoms with Gasteiger partial charge in [-0.3, -0.25) is 4.79 Å². The molecule has 0 saturated carbocycles. The molecule has 1 heterocycles. The van der Waals surface area contributed by atoms with Crippen LogP contribution >= 0.6 is 11.6 Å². The zero-order valence-corrected chi connectivity index (χ0v) is 9.31. The van der Waals surface area contributed by atoms with Gasteiger partial charge in [0.25, 0.3) is 0 Å². The molecule has 1 rings (SSSR count). The van der Waals surface area contributed by atoms with Crippen LogP contribution in [0.15, 0.2) is 11.5 Å². The molecular formula is C8H12ClNO3S. The molecule has 6 heteroatoms. The van der Waals surface area contributed by atoms with Crippen molar-refractivity contribution in [3.63, 3.8) is 0 Å². The summed E-state index contributed by atoms with van der Waals surface area (Å²) < 4.78 is 22.0. The fourth-order valence-electron chi connectivity index (χ4n) is 1.06. The molecule has 0 saturated heterocycles. The first-order chi connectivity index (χ1) is 6.44. The number of amides is 1. The lowest BCUT2D eigenvalue weighted by molar-refractivity contribution is -0.124. The Morgan fingerprint density at radius 2 is 2.36 bits per heavy atom. The summed E-state index contributed by atoms with van der Waals surface area (Å²) in [6.45, 7) is 1.69. The third kappa shape index (κ3) is 2.99. The van der Waals surface area contributed by atoms with Crippen LogP contribution in [0.4, 0.5) is 0 Å². The van der Waals surface area contributed by atoms with Gasteiger partial charge < -0.3 is 5.32 Å². The van der Waals surface area contributed by atoms with Crippen LogP contribution in [0.5, 0.6) is 0 Å². The molecule has 0 spiro atoms. The fraction of sp³-hybridized carbons (Fsp3) is 0.625. The van der Waals surface area contributed by atoms with Gasteiger partial charge in [-0.05, 0) is 6.08 Å². The van der Waals surface area contributed by atoms with Gasteiger partial charge in [-0.15, -0.1) is 11.6 Å². The van der Waals surface area contributed by atoms with E-state index in [4.69, 9.17) is 11.6 Å². The van der Waals surface area contributed by atoms with Gasteiger partial charge in [-0.1, -0.05) is 6.92 Å². The van der Waals surface area contributed by atoms with E-state index in [0.717, 1.165) is 5.41 Å². The summed E-state index contributed by atoms with van der Waals surface area (Å²) in [4.78, 5) is 11.3. The SMILES string of the molecule is CC(CCl)C(=O)NC1C=CS(=O)(=O)C1. The van der Waals surface area contributed by atoms with E-state index >= 15 is 0 Å². The molecule has 2 unspecified atom stereocenters. The van der Waals surface area contributed by atoms with Crippen molar-refractivity contribution in [2.45, 2.75) is 13.0 Å². The second kappa shape index (κ2) is 4.31. The Kier molecular flexibility index (Phi) is 3.55. The zero-order valence-electron chi connectivity index (χ0n) is 7.73. The van der Waals surface area contributed by atoms with Crippen LogP contribution in [0.25, 0.3) is 0 Å². The van der Waals surface area contributed by atoms with E-state index in [2.05, 4.69) is 5.32 Å². The summed E-state index contributed by atoms with van der Waals surface area (Å²) in [5.41, 5.74) is 0. The molecule has 0 aliphatic carbocycles. The van der Waals surface area contributed by atoms with E-state index in [0.29, 0.717) is 0 Å². The number of hydrogen-bond acceptors (Lipinski definition) is 3. The molecule has 14 heavy (non-hydrogen) atoms. The summed E-state index contributed by atoms with van der Waals surface area (Å²) >= 11 is 5.49. The molecule has 0 aromatic heterocycles. The highest BCUT2D eigenvalue weighted by Gasteiger charge is 2.24. The molecule has 2 atom stereocenters. The monoisotopic (exact) mass is 237 g/mol. The number of nitrogens with one attached hydrogen (secondary N) is 1. The Balaban J connectivity index is 2.49. The highest BCUT2D eigenvalue weighted by Crippen LogP contribution is 2.09. The Morgan fingerprint density at radius 1 is 1.71 bits per heavy atom. The molecule has 1 aliphatic rings. The van der Waals surface area contributed by atoms with Crippen molar-refractivity contribution in [2.24, 2.45) is 5.92 Å². The normalized spacial score (nSPS) is 26.0. The van der Waals surface area contributed by atoms with Gasteiger partial charge in [0.15, 0.2) is 9.84 Å². The van der Waals surface area contributed by atoms with E-state index in [1.54, 1.807) is 6.92 Å². The number of halogens is 1. The number of sulfone groups is 1. The first-order valence-corrected chi connectivity index (χ1v) is 6.47. The number of carbonyl (C=O) groups excluding carboxylic acids is 1. The van der Waals surface area contributed by atoms with E-state index < -0.39 is 15.9 Å². The standard InChI is InChI=1S/C8H12ClNO3S/c1-6(4-9)8(11)10-7-2-3-14(12,13)5-7/h2-3,6-7H,4-5H2,1H3,(H,10,11). The van der Waals surface area contributed by atoms with Gasteiger partial charge in [0.05, 0.1) is 11.8 Å². The summed E-state index contributed by atoms with van der Waals surface area (Å²) in [5.74, 6) is -0.330. The van der Waals surface area contributed by atoms with Crippen molar-refractivity contribution < 1.29 is 13.2 Å². The van der Waals surface area contributed by atoms with Crippen LogP contribution in [-0.2, 0) is 14.6 Å². The smallest absolute Gasteiger partial charge is 0.224 e. The average molecular weight is 238 g/mol. The molecule has 0 radical (unpaired) electrons. The molecule has 1 N–H and O–H groups in total. The van der Waals surface area contributed by atoms with Crippen molar-refractivity contribution in [3.8, 4) is 0 Å². The van der Waals surface area contributed by atoms with Crippen LogP contribution in [0, 0.1) is 5.92 Å². The van der Waals surface area contributed by atoms with Gasteiger partial charge in [-0.2, -0.15) is 0 Å². The highest BCUT2D eigenvalue weighted by molar-refractivity contribution is 7.94. The van der Waals surface area contributed by atoms with Gasteiger partial charge in [-0.25, -0.2) is 8.42 Å². The topological polar surface area (TPSA) is 63.2 Å². The van der Waals surface area contributed by atoms with Crippen LogP contribution in [0.2, 0.25) is 0 Å². The van der Waals surface area contributed by atoms with Crippen LogP contribution < -0.4 is 5.32 Å². The van der Waals surface area contributed by atoms with Crippen molar-refractivity contribution in [3.05, 3.63) is 11.5 Å². The van der Waals surface area contributed by atoms with Gasteiger partial charge >= 0.3 is 0 Å². The summed E-state index contributed by atoms with van der Waals surface area (Å²) in [6.07, 6.45) is 1.48. The molecule has 4 nitrogen and oxygen atoms in total. The minimum Gasteiger partial charge on any atom is -0.349 e. The Labute approximate surface area is 88.2 Å². The second-order valence-corrected chi connectivity index (χ2v) is 5.57. The van der Waals surface area contributed by atoms with Gasteiger partial charge in [0.2, 0.25) is 5.91 Å². The van der Waals surface area contributed by atoms with Crippen LogP contribution in [0.3, 0.4) is 0 Å². The number of hydrogen-bond donors (Lipinski definition) is 1. The molecule has 80 valence electrons. The minimum atomic E-state index is -3.10.